The SMILES string of the molecule is CCCCC1=CC=C[NH+]1C.O=S(=O)([O-])C(F)(F)F. The van der Waals surface area contributed by atoms with Crippen LogP contribution in [0.15, 0.2) is 24.0 Å². The molecular weight excluding hydrogens is 271 g/mol. The Morgan fingerprint density at radius 3 is 2.17 bits per heavy atom. The van der Waals surface area contributed by atoms with Gasteiger partial charge in [-0.05, 0) is 12.5 Å². The van der Waals surface area contributed by atoms with Crippen LogP contribution in [0, 0.1) is 0 Å². The van der Waals surface area contributed by atoms with Crippen molar-refractivity contribution in [3.05, 3.63) is 24.0 Å². The fraction of sp³-hybridized carbons (Fsp3) is 0.600. The molecule has 0 bridgehead atoms. The van der Waals surface area contributed by atoms with Gasteiger partial charge in [0.25, 0.3) is 0 Å². The summed E-state index contributed by atoms with van der Waals surface area (Å²) in [5.41, 5.74) is -4.12. The van der Waals surface area contributed by atoms with Crippen molar-refractivity contribution < 1.29 is 31.0 Å². The molecule has 0 aliphatic carbocycles. The summed E-state index contributed by atoms with van der Waals surface area (Å²) in [7, 11) is -3.90. The van der Waals surface area contributed by atoms with Crippen molar-refractivity contribution in [2.75, 3.05) is 7.05 Å². The Balaban J connectivity index is 0.000000331. The molecule has 0 radical (unpaired) electrons. The zero-order valence-electron chi connectivity index (χ0n) is 10.1. The Labute approximate surface area is 105 Å². The molecule has 1 aliphatic heterocycles. The van der Waals surface area contributed by atoms with E-state index in [1.807, 2.05) is 0 Å². The normalized spacial score (nSPS) is 19.2. The standard InChI is InChI=1S/C9H15N.CHF3O3S/c1-3-4-6-9-7-5-8-10(9)2;2-1(3,4)8(5,6)7/h5,7-8H,3-4,6H2,1-2H3;(H,5,6,7). The highest BCUT2D eigenvalue weighted by Gasteiger charge is 2.36. The minimum absolute atomic E-state index is 1.26. The molecule has 4 nitrogen and oxygen atoms in total. The average molecular weight is 287 g/mol. The first-order valence-corrected chi connectivity index (χ1v) is 6.73. The Kier molecular flexibility index (Phi) is 6.58. The number of quaternary nitrogens is 1. The number of rotatable bonds is 3. The van der Waals surface area contributed by atoms with Crippen LogP contribution < -0.4 is 4.90 Å². The van der Waals surface area contributed by atoms with Gasteiger partial charge in [-0.1, -0.05) is 13.3 Å². The second-order valence-corrected chi connectivity index (χ2v) is 5.11. The minimum atomic E-state index is -6.09. The highest BCUT2D eigenvalue weighted by Crippen LogP contribution is 2.20. The first kappa shape index (κ1) is 17.1. The Hall–Kier alpha value is -0.860. The van der Waals surface area contributed by atoms with Crippen molar-refractivity contribution in [1.29, 1.82) is 0 Å². The van der Waals surface area contributed by atoms with Gasteiger partial charge >= 0.3 is 5.51 Å². The van der Waals surface area contributed by atoms with Gasteiger partial charge in [-0.2, -0.15) is 13.2 Å². The number of unbranched alkanes of at least 4 members (excludes halogenated alkanes) is 1. The van der Waals surface area contributed by atoms with Crippen molar-refractivity contribution in [1.82, 2.24) is 0 Å². The number of halogens is 3. The van der Waals surface area contributed by atoms with Crippen LogP contribution in [0.1, 0.15) is 26.2 Å². The lowest BCUT2D eigenvalue weighted by Gasteiger charge is -2.08. The van der Waals surface area contributed by atoms with Gasteiger partial charge in [-0.15, -0.1) is 0 Å². The summed E-state index contributed by atoms with van der Waals surface area (Å²) < 4.78 is 58.9. The van der Waals surface area contributed by atoms with Crippen LogP contribution in [0.4, 0.5) is 13.2 Å². The summed E-state index contributed by atoms with van der Waals surface area (Å²) in [6, 6.07) is 0. The maximum absolute atomic E-state index is 10.7. The maximum Gasteiger partial charge on any atom is 0.485 e. The summed E-state index contributed by atoms with van der Waals surface area (Å²) in [4.78, 5) is 1.45. The van der Waals surface area contributed by atoms with Crippen LogP contribution >= 0.6 is 0 Å². The molecule has 0 amide bonds. The molecule has 1 rings (SSSR count). The molecule has 1 N–H and O–H groups in total. The molecule has 106 valence electrons. The number of hydrogen-bond donors (Lipinski definition) is 1. The topological polar surface area (TPSA) is 61.6 Å². The van der Waals surface area contributed by atoms with Gasteiger partial charge in [0.2, 0.25) is 0 Å². The van der Waals surface area contributed by atoms with Crippen LogP contribution in [0.25, 0.3) is 0 Å². The van der Waals surface area contributed by atoms with E-state index in [2.05, 4.69) is 32.3 Å². The lowest BCUT2D eigenvalue weighted by atomic mass is 10.2. The molecule has 0 spiro atoms. The summed E-state index contributed by atoms with van der Waals surface area (Å²) in [6.07, 6.45) is 10.4. The average Bonchev–Trinajstić information content (AvgIpc) is 2.59. The van der Waals surface area contributed by atoms with Gasteiger partial charge in [0.1, 0.15) is 5.70 Å². The molecule has 1 atom stereocenters. The van der Waals surface area contributed by atoms with Gasteiger partial charge < -0.3 is 4.55 Å². The lowest BCUT2D eigenvalue weighted by Crippen LogP contribution is -3.01. The second-order valence-electron chi connectivity index (χ2n) is 3.74. The van der Waals surface area contributed by atoms with Crippen molar-refractivity contribution in [3.8, 4) is 0 Å². The van der Waals surface area contributed by atoms with E-state index in [1.54, 1.807) is 0 Å². The predicted octanol–water partition coefficient (Wildman–Crippen LogP) is 1.15. The maximum atomic E-state index is 10.7. The molecule has 8 heteroatoms. The highest BCUT2D eigenvalue weighted by atomic mass is 32.2. The third-order valence-electron chi connectivity index (χ3n) is 2.23. The van der Waals surface area contributed by atoms with Crippen molar-refractivity contribution in [2.24, 2.45) is 0 Å². The quantitative estimate of drug-likeness (QED) is 0.626. The van der Waals surface area contributed by atoms with E-state index in [-0.39, 0.29) is 0 Å². The highest BCUT2D eigenvalue weighted by molar-refractivity contribution is 7.86. The molecule has 0 saturated carbocycles. The van der Waals surface area contributed by atoms with Crippen LogP contribution in [-0.4, -0.2) is 25.5 Å². The van der Waals surface area contributed by atoms with Crippen LogP contribution in [0.3, 0.4) is 0 Å². The fourth-order valence-corrected chi connectivity index (χ4v) is 1.19. The summed E-state index contributed by atoms with van der Waals surface area (Å²) in [5, 5.41) is 0. The Morgan fingerprint density at radius 1 is 1.39 bits per heavy atom. The monoisotopic (exact) mass is 287 g/mol. The third kappa shape index (κ3) is 6.18. The van der Waals surface area contributed by atoms with Crippen LogP contribution in [-0.2, 0) is 10.1 Å². The fourth-order valence-electron chi connectivity index (χ4n) is 1.19. The number of allylic oxidation sites excluding steroid dienone is 3. The summed E-state index contributed by atoms with van der Waals surface area (Å²) >= 11 is 0. The molecule has 0 aromatic rings. The van der Waals surface area contributed by atoms with Crippen LogP contribution in [0.5, 0.6) is 0 Å². The van der Waals surface area contributed by atoms with E-state index in [0.29, 0.717) is 0 Å². The number of hydrogen-bond acceptors (Lipinski definition) is 3. The first-order chi connectivity index (χ1) is 8.09. The van der Waals surface area contributed by atoms with E-state index in [4.69, 9.17) is 13.0 Å². The smallest absolute Gasteiger partial charge is 0.485 e. The van der Waals surface area contributed by atoms with Crippen molar-refractivity contribution >= 4 is 10.1 Å². The van der Waals surface area contributed by atoms with Crippen LogP contribution in [0.2, 0.25) is 0 Å². The number of alkyl halides is 3. The van der Waals surface area contributed by atoms with Gasteiger partial charge in [-0.3, -0.25) is 4.90 Å². The summed E-state index contributed by atoms with van der Waals surface area (Å²) in [6.45, 7) is 2.23. The van der Waals surface area contributed by atoms with E-state index >= 15 is 0 Å². The van der Waals surface area contributed by atoms with E-state index in [9.17, 15) is 13.2 Å². The van der Waals surface area contributed by atoms with Crippen molar-refractivity contribution in [3.63, 3.8) is 0 Å². The molecule has 1 aliphatic rings. The second kappa shape index (κ2) is 6.91. The predicted molar refractivity (Wildman–Crippen MR) is 59.4 cm³/mol. The van der Waals surface area contributed by atoms with E-state index in [0.717, 1.165) is 0 Å². The molecule has 1 unspecified atom stereocenters. The number of nitrogens with one attached hydrogen (secondary N) is 1. The first-order valence-electron chi connectivity index (χ1n) is 5.33. The van der Waals surface area contributed by atoms with Gasteiger partial charge in [0, 0.05) is 12.5 Å². The molecule has 1 heterocycles. The minimum Gasteiger partial charge on any atom is -0.741 e. The molecule has 0 aromatic heterocycles. The Bertz CT molecular complexity index is 413. The molecule has 0 aromatic carbocycles. The zero-order chi connectivity index (χ0) is 14.4. The molecule has 18 heavy (non-hydrogen) atoms. The summed E-state index contributed by atoms with van der Waals surface area (Å²) in [5.74, 6) is 0. The van der Waals surface area contributed by atoms with Gasteiger partial charge in [0.05, 0.1) is 13.2 Å². The largest absolute Gasteiger partial charge is 0.741 e. The van der Waals surface area contributed by atoms with E-state index in [1.165, 1.54) is 29.9 Å². The lowest BCUT2D eigenvalue weighted by molar-refractivity contribution is -0.780. The van der Waals surface area contributed by atoms with E-state index < -0.39 is 15.6 Å². The van der Waals surface area contributed by atoms with Gasteiger partial charge in [-0.25, -0.2) is 8.42 Å². The third-order valence-corrected chi connectivity index (χ3v) is 2.80. The molecular formula is C10H16F3NO3S. The van der Waals surface area contributed by atoms with Gasteiger partial charge in [0.15, 0.2) is 10.1 Å². The zero-order valence-corrected chi connectivity index (χ0v) is 10.9. The molecule has 0 fully saturated rings. The van der Waals surface area contributed by atoms with Crippen molar-refractivity contribution in [2.45, 2.75) is 31.7 Å². The molecule has 0 saturated heterocycles. The Morgan fingerprint density at radius 2 is 1.89 bits per heavy atom.